The van der Waals surface area contributed by atoms with E-state index in [0.29, 0.717) is 6.54 Å². The molecular formula is C12H18N4O4. The third-order valence-corrected chi connectivity index (χ3v) is 2.56. The van der Waals surface area contributed by atoms with Gasteiger partial charge in [0.25, 0.3) is 11.2 Å². The van der Waals surface area contributed by atoms with Gasteiger partial charge in [-0.25, -0.2) is 0 Å². The summed E-state index contributed by atoms with van der Waals surface area (Å²) < 4.78 is 1.20. The molecule has 1 amide bonds. The summed E-state index contributed by atoms with van der Waals surface area (Å²) in [5.41, 5.74) is -0.509. The molecule has 20 heavy (non-hydrogen) atoms. The minimum atomic E-state index is -0.566. The molecular weight excluding hydrogens is 264 g/mol. The van der Waals surface area contributed by atoms with Crippen molar-refractivity contribution in [2.75, 3.05) is 20.1 Å². The smallest absolute Gasteiger partial charge is 0.285 e. The van der Waals surface area contributed by atoms with Crippen molar-refractivity contribution in [1.82, 2.24) is 14.8 Å². The van der Waals surface area contributed by atoms with Crippen LogP contribution in [-0.4, -0.2) is 40.4 Å². The van der Waals surface area contributed by atoms with Crippen molar-refractivity contribution in [1.29, 1.82) is 0 Å². The number of aromatic nitrogens is 1. The van der Waals surface area contributed by atoms with Crippen molar-refractivity contribution in [3.05, 3.63) is 38.8 Å². The van der Waals surface area contributed by atoms with Crippen molar-refractivity contribution in [2.24, 2.45) is 0 Å². The molecule has 0 bridgehead atoms. The van der Waals surface area contributed by atoms with Crippen LogP contribution in [0.3, 0.4) is 0 Å². The van der Waals surface area contributed by atoms with Crippen molar-refractivity contribution in [3.8, 4) is 0 Å². The van der Waals surface area contributed by atoms with E-state index in [9.17, 15) is 19.7 Å². The fraction of sp³-hybridized carbons (Fsp3) is 0.500. The van der Waals surface area contributed by atoms with Gasteiger partial charge in [-0.1, -0.05) is 6.92 Å². The number of hydrogen-bond donors (Lipinski definition) is 1. The van der Waals surface area contributed by atoms with Gasteiger partial charge < -0.3 is 5.32 Å². The van der Waals surface area contributed by atoms with Gasteiger partial charge in [0.1, 0.15) is 0 Å². The maximum Gasteiger partial charge on any atom is 0.285 e. The lowest BCUT2D eigenvalue weighted by atomic mass is 10.4. The Balaban J connectivity index is 2.68. The Hall–Kier alpha value is -2.22. The summed E-state index contributed by atoms with van der Waals surface area (Å²) in [6.07, 6.45) is 2.02. The second kappa shape index (κ2) is 7.39. The number of hydrogen-bond acceptors (Lipinski definition) is 5. The Morgan fingerprint density at radius 1 is 1.50 bits per heavy atom. The Kier molecular flexibility index (Phi) is 5.85. The number of amides is 1. The Morgan fingerprint density at radius 3 is 2.80 bits per heavy atom. The van der Waals surface area contributed by atoms with Crippen LogP contribution in [0, 0.1) is 10.1 Å². The fourth-order valence-corrected chi connectivity index (χ4v) is 1.61. The summed E-state index contributed by atoms with van der Waals surface area (Å²) in [5, 5.41) is 13.4. The number of nitrogens with zero attached hydrogens (tertiary/aromatic N) is 3. The molecule has 1 N–H and O–H groups in total. The topological polar surface area (TPSA) is 97.5 Å². The molecule has 1 aromatic rings. The Bertz CT molecular complexity index is 541. The van der Waals surface area contributed by atoms with Crippen LogP contribution in [0.2, 0.25) is 0 Å². The van der Waals surface area contributed by atoms with E-state index < -0.39 is 4.92 Å². The lowest BCUT2D eigenvalue weighted by Gasteiger charge is -2.17. The Morgan fingerprint density at radius 2 is 2.20 bits per heavy atom. The van der Waals surface area contributed by atoms with E-state index in [4.69, 9.17) is 0 Å². The van der Waals surface area contributed by atoms with Crippen LogP contribution in [0.15, 0.2) is 23.1 Å². The fourth-order valence-electron chi connectivity index (χ4n) is 1.61. The molecule has 0 aromatic carbocycles. The zero-order chi connectivity index (χ0) is 15.1. The third-order valence-electron chi connectivity index (χ3n) is 2.56. The summed E-state index contributed by atoms with van der Waals surface area (Å²) in [7, 11) is 1.66. The number of pyridine rings is 1. The zero-order valence-corrected chi connectivity index (χ0v) is 11.5. The van der Waals surface area contributed by atoms with Gasteiger partial charge in [-0.05, 0) is 13.5 Å². The number of likely N-dealkylation sites (N-methyl/N-ethyl adjacent to an activating group) is 1. The van der Waals surface area contributed by atoms with Gasteiger partial charge in [0, 0.05) is 18.7 Å². The van der Waals surface area contributed by atoms with E-state index in [2.05, 4.69) is 5.32 Å². The van der Waals surface area contributed by atoms with Gasteiger partial charge in [-0.15, -0.1) is 0 Å². The molecule has 0 saturated heterocycles. The highest BCUT2D eigenvalue weighted by Gasteiger charge is 2.11. The van der Waals surface area contributed by atoms with Gasteiger partial charge in [0.15, 0.2) is 0 Å². The van der Waals surface area contributed by atoms with E-state index in [1.165, 1.54) is 10.8 Å². The summed E-state index contributed by atoms with van der Waals surface area (Å²) in [4.78, 5) is 34.8. The van der Waals surface area contributed by atoms with Gasteiger partial charge in [-0.3, -0.25) is 29.2 Å². The maximum absolute atomic E-state index is 11.6. The second-order valence-electron chi connectivity index (χ2n) is 4.46. The largest absolute Gasteiger partial charge is 0.355 e. The standard InChI is InChI=1S/C12H18N4O4/c1-3-6-13-11(17)8-14(2)9-15-7-10(16(19)20)4-5-12(15)18/h4-5,7H,3,6,8-9H2,1-2H3,(H,13,17). The molecule has 0 aliphatic rings. The summed E-state index contributed by atoms with van der Waals surface area (Å²) in [6, 6.07) is 2.30. The molecule has 0 aliphatic carbocycles. The molecule has 110 valence electrons. The number of carbonyl (C=O) groups excluding carboxylic acids is 1. The van der Waals surface area contributed by atoms with Gasteiger partial charge in [0.05, 0.1) is 24.3 Å². The van der Waals surface area contributed by atoms with Crippen LogP contribution in [0.4, 0.5) is 5.69 Å². The molecule has 0 aliphatic heterocycles. The molecule has 0 atom stereocenters. The summed E-state index contributed by atoms with van der Waals surface area (Å²) in [5.74, 6) is -0.146. The molecule has 0 unspecified atom stereocenters. The highest BCUT2D eigenvalue weighted by molar-refractivity contribution is 5.77. The molecule has 1 rings (SSSR count). The van der Waals surface area contributed by atoms with E-state index in [0.717, 1.165) is 18.6 Å². The lowest BCUT2D eigenvalue weighted by Crippen LogP contribution is -2.38. The highest BCUT2D eigenvalue weighted by Crippen LogP contribution is 2.06. The molecule has 0 saturated carbocycles. The predicted octanol–water partition coefficient (Wildman–Crippen LogP) is 0.172. The molecule has 8 nitrogen and oxygen atoms in total. The van der Waals surface area contributed by atoms with E-state index in [-0.39, 0.29) is 30.4 Å². The minimum absolute atomic E-state index is 0.111. The lowest BCUT2D eigenvalue weighted by molar-refractivity contribution is -0.385. The van der Waals surface area contributed by atoms with E-state index >= 15 is 0 Å². The average Bonchev–Trinajstić information content (AvgIpc) is 2.38. The first kappa shape index (κ1) is 15.8. The van der Waals surface area contributed by atoms with Crippen LogP contribution in [0.25, 0.3) is 0 Å². The highest BCUT2D eigenvalue weighted by atomic mass is 16.6. The number of rotatable bonds is 7. The predicted molar refractivity (Wildman–Crippen MR) is 73.3 cm³/mol. The molecule has 0 fully saturated rings. The van der Waals surface area contributed by atoms with Crippen LogP contribution in [-0.2, 0) is 11.5 Å². The van der Waals surface area contributed by atoms with Gasteiger partial charge in [-0.2, -0.15) is 0 Å². The van der Waals surface area contributed by atoms with Crippen molar-refractivity contribution >= 4 is 11.6 Å². The van der Waals surface area contributed by atoms with Crippen LogP contribution in [0.5, 0.6) is 0 Å². The first-order valence-corrected chi connectivity index (χ1v) is 6.24. The summed E-state index contributed by atoms with van der Waals surface area (Å²) in [6.45, 7) is 2.78. The van der Waals surface area contributed by atoms with Crippen LogP contribution >= 0.6 is 0 Å². The minimum Gasteiger partial charge on any atom is -0.355 e. The summed E-state index contributed by atoms with van der Waals surface area (Å²) >= 11 is 0. The van der Waals surface area contributed by atoms with E-state index in [1.807, 2.05) is 6.92 Å². The van der Waals surface area contributed by atoms with Crippen molar-refractivity contribution in [2.45, 2.75) is 20.0 Å². The van der Waals surface area contributed by atoms with Crippen molar-refractivity contribution in [3.63, 3.8) is 0 Å². The normalized spacial score (nSPS) is 10.6. The molecule has 1 aromatic heterocycles. The van der Waals surface area contributed by atoms with Crippen molar-refractivity contribution < 1.29 is 9.72 Å². The quantitative estimate of drug-likeness (QED) is 0.568. The maximum atomic E-state index is 11.6. The molecule has 1 heterocycles. The SMILES string of the molecule is CCCNC(=O)CN(C)Cn1cc([N+](=O)[O-])ccc1=O. The third kappa shape index (κ3) is 4.81. The van der Waals surface area contributed by atoms with Crippen LogP contribution < -0.4 is 10.9 Å². The number of nitrogens with one attached hydrogen (secondary N) is 1. The first-order valence-electron chi connectivity index (χ1n) is 6.24. The van der Waals surface area contributed by atoms with Gasteiger partial charge in [0.2, 0.25) is 5.91 Å². The monoisotopic (exact) mass is 282 g/mol. The van der Waals surface area contributed by atoms with Crippen LogP contribution in [0.1, 0.15) is 13.3 Å². The Labute approximate surface area is 116 Å². The average molecular weight is 282 g/mol. The molecule has 0 spiro atoms. The van der Waals surface area contributed by atoms with E-state index in [1.54, 1.807) is 11.9 Å². The second-order valence-corrected chi connectivity index (χ2v) is 4.46. The number of nitro groups is 1. The van der Waals surface area contributed by atoms with Gasteiger partial charge >= 0.3 is 0 Å². The molecule has 0 radical (unpaired) electrons. The number of carbonyl (C=O) groups is 1. The first-order chi connectivity index (χ1) is 9.43. The zero-order valence-electron chi connectivity index (χ0n) is 11.5. The molecule has 8 heteroatoms.